The number of hydrogen-bond acceptors (Lipinski definition) is 3. The van der Waals surface area contributed by atoms with Crippen LogP contribution in [0.1, 0.15) is 6.42 Å². The lowest BCUT2D eigenvalue weighted by atomic mass is 10.1. The van der Waals surface area contributed by atoms with Gasteiger partial charge in [-0.2, -0.15) is 0 Å². The molecule has 2 aromatic rings. The van der Waals surface area contributed by atoms with E-state index in [1.807, 2.05) is 0 Å². The molecular formula is C13H14ClN3O. The van der Waals surface area contributed by atoms with Crippen molar-refractivity contribution in [2.24, 2.45) is 5.92 Å². The lowest BCUT2D eigenvalue weighted by molar-refractivity contribution is 0.470. The van der Waals surface area contributed by atoms with Crippen molar-refractivity contribution in [3.05, 3.63) is 39.9 Å². The van der Waals surface area contributed by atoms with Crippen LogP contribution in [-0.4, -0.2) is 22.6 Å². The Morgan fingerprint density at radius 2 is 2.39 bits per heavy atom. The van der Waals surface area contributed by atoms with Crippen molar-refractivity contribution < 1.29 is 0 Å². The van der Waals surface area contributed by atoms with Crippen LogP contribution in [0.2, 0.25) is 5.02 Å². The van der Waals surface area contributed by atoms with Gasteiger partial charge in [0.2, 0.25) is 0 Å². The van der Waals surface area contributed by atoms with E-state index in [1.54, 1.807) is 29.1 Å². The molecule has 1 aliphatic rings. The average Bonchev–Trinajstić information content (AvgIpc) is 2.86. The number of halogens is 1. The topological polar surface area (TPSA) is 46.9 Å². The van der Waals surface area contributed by atoms with Crippen LogP contribution in [0.4, 0.5) is 0 Å². The zero-order chi connectivity index (χ0) is 12.5. The summed E-state index contributed by atoms with van der Waals surface area (Å²) in [6.45, 7) is 2.73. The lowest BCUT2D eigenvalue weighted by Crippen LogP contribution is -2.25. The van der Waals surface area contributed by atoms with Crippen LogP contribution in [-0.2, 0) is 6.54 Å². The highest BCUT2D eigenvalue weighted by Gasteiger charge is 2.16. The molecule has 3 rings (SSSR count). The van der Waals surface area contributed by atoms with Crippen LogP contribution in [0.5, 0.6) is 0 Å². The third-order valence-electron chi connectivity index (χ3n) is 3.40. The molecule has 2 heterocycles. The Bertz CT molecular complexity index is 632. The summed E-state index contributed by atoms with van der Waals surface area (Å²) in [6.07, 6.45) is 2.75. The zero-order valence-electron chi connectivity index (χ0n) is 9.90. The molecule has 0 amide bonds. The molecule has 1 N–H and O–H groups in total. The smallest absolute Gasteiger partial charge is 0.261 e. The second-order valence-corrected chi connectivity index (χ2v) is 5.16. The maximum atomic E-state index is 12.3. The first kappa shape index (κ1) is 11.7. The van der Waals surface area contributed by atoms with Gasteiger partial charge in [0, 0.05) is 11.6 Å². The molecule has 0 radical (unpaired) electrons. The summed E-state index contributed by atoms with van der Waals surface area (Å²) in [6, 6.07) is 5.22. The minimum Gasteiger partial charge on any atom is -0.316 e. The number of fused-ring (bicyclic) bond motifs is 1. The molecule has 4 nitrogen and oxygen atoms in total. The van der Waals surface area contributed by atoms with E-state index in [-0.39, 0.29) is 5.56 Å². The maximum absolute atomic E-state index is 12.3. The van der Waals surface area contributed by atoms with Gasteiger partial charge in [0.05, 0.1) is 17.2 Å². The van der Waals surface area contributed by atoms with Crippen molar-refractivity contribution >= 4 is 22.5 Å². The number of nitrogens with zero attached hydrogens (tertiary/aromatic N) is 2. The highest BCUT2D eigenvalue weighted by molar-refractivity contribution is 6.31. The number of benzene rings is 1. The first-order valence-corrected chi connectivity index (χ1v) is 6.47. The molecule has 1 fully saturated rings. The van der Waals surface area contributed by atoms with Crippen molar-refractivity contribution in [3.8, 4) is 0 Å². The SMILES string of the molecule is O=c1c2cc(Cl)ccc2ncn1CC1CCNC1. The van der Waals surface area contributed by atoms with Crippen LogP contribution in [0.25, 0.3) is 10.9 Å². The van der Waals surface area contributed by atoms with E-state index >= 15 is 0 Å². The highest BCUT2D eigenvalue weighted by atomic mass is 35.5. The molecule has 0 saturated carbocycles. The summed E-state index contributed by atoms with van der Waals surface area (Å²) in [5.41, 5.74) is 0.694. The second kappa shape index (κ2) is 4.71. The third-order valence-corrected chi connectivity index (χ3v) is 3.64. The molecule has 0 aliphatic carbocycles. The molecule has 5 heteroatoms. The fourth-order valence-corrected chi connectivity index (χ4v) is 2.58. The minimum atomic E-state index is -0.00519. The molecule has 94 valence electrons. The van der Waals surface area contributed by atoms with Crippen LogP contribution >= 0.6 is 11.6 Å². The van der Waals surface area contributed by atoms with Gasteiger partial charge in [0.1, 0.15) is 0 Å². The van der Waals surface area contributed by atoms with E-state index in [1.165, 1.54) is 0 Å². The minimum absolute atomic E-state index is 0.00519. The zero-order valence-corrected chi connectivity index (χ0v) is 10.7. The van der Waals surface area contributed by atoms with Crippen molar-refractivity contribution in [2.75, 3.05) is 13.1 Å². The molecule has 0 bridgehead atoms. The summed E-state index contributed by atoms with van der Waals surface area (Å²) in [4.78, 5) is 16.6. The Hall–Kier alpha value is -1.39. The van der Waals surface area contributed by atoms with Crippen LogP contribution in [0.3, 0.4) is 0 Å². The van der Waals surface area contributed by atoms with Crippen LogP contribution in [0.15, 0.2) is 29.3 Å². The predicted octanol–water partition coefficient (Wildman–Crippen LogP) is 1.66. The molecule has 1 saturated heterocycles. The normalized spacial score (nSPS) is 19.5. The summed E-state index contributed by atoms with van der Waals surface area (Å²) in [5, 5.41) is 4.47. The van der Waals surface area contributed by atoms with Gasteiger partial charge in [-0.05, 0) is 43.6 Å². The van der Waals surface area contributed by atoms with Gasteiger partial charge in [-0.3, -0.25) is 9.36 Å². The molecule has 0 spiro atoms. The molecular weight excluding hydrogens is 250 g/mol. The standard InChI is InChI=1S/C13H14ClN3O/c14-10-1-2-12-11(5-10)13(18)17(8-16-12)7-9-3-4-15-6-9/h1-2,5,8-9,15H,3-4,6-7H2. The fraction of sp³-hybridized carbons (Fsp3) is 0.385. The van der Waals surface area contributed by atoms with Gasteiger partial charge in [-0.1, -0.05) is 11.6 Å². The van der Waals surface area contributed by atoms with Crippen LogP contribution in [0, 0.1) is 5.92 Å². The lowest BCUT2D eigenvalue weighted by Gasteiger charge is -2.11. The van der Waals surface area contributed by atoms with Gasteiger partial charge in [0.15, 0.2) is 0 Å². The third kappa shape index (κ3) is 2.13. The van der Waals surface area contributed by atoms with E-state index < -0.39 is 0 Å². The van der Waals surface area contributed by atoms with Crippen molar-refractivity contribution in [2.45, 2.75) is 13.0 Å². The molecule has 1 aliphatic heterocycles. The van der Waals surface area contributed by atoms with Gasteiger partial charge < -0.3 is 5.32 Å². The maximum Gasteiger partial charge on any atom is 0.261 e. The number of nitrogens with one attached hydrogen (secondary N) is 1. The average molecular weight is 264 g/mol. The Morgan fingerprint density at radius 3 is 3.17 bits per heavy atom. The highest BCUT2D eigenvalue weighted by Crippen LogP contribution is 2.15. The predicted molar refractivity (Wildman–Crippen MR) is 72.0 cm³/mol. The van der Waals surface area contributed by atoms with Crippen molar-refractivity contribution in [3.63, 3.8) is 0 Å². The summed E-state index contributed by atoms with van der Waals surface area (Å²) < 4.78 is 1.69. The van der Waals surface area contributed by atoms with E-state index in [0.717, 1.165) is 26.1 Å². The summed E-state index contributed by atoms with van der Waals surface area (Å²) in [7, 11) is 0. The number of hydrogen-bond donors (Lipinski definition) is 1. The Morgan fingerprint density at radius 1 is 1.50 bits per heavy atom. The van der Waals surface area contributed by atoms with E-state index in [4.69, 9.17) is 11.6 Å². The van der Waals surface area contributed by atoms with Crippen molar-refractivity contribution in [1.29, 1.82) is 0 Å². The second-order valence-electron chi connectivity index (χ2n) is 4.72. The Labute approximate surface area is 110 Å². The molecule has 1 atom stereocenters. The van der Waals surface area contributed by atoms with E-state index in [0.29, 0.717) is 21.8 Å². The summed E-state index contributed by atoms with van der Waals surface area (Å²) >= 11 is 5.93. The molecule has 1 aromatic heterocycles. The number of aromatic nitrogens is 2. The number of rotatable bonds is 2. The largest absolute Gasteiger partial charge is 0.316 e. The van der Waals surface area contributed by atoms with Gasteiger partial charge in [0.25, 0.3) is 5.56 Å². The molecule has 1 aromatic carbocycles. The Kier molecular flexibility index (Phi) is 3.06. The first-order chi connectivity index (χ1) is 8.74. The quantitative estimate of drug-likeness (QED) is 0.896. The van der Waals surface area contributed by atoms with Crippen molar-refractivity contribution in [1.82, 2.24) is 14.9 Å². The van der Waals surface area contributed by atoms with Crippen LogP contribution < -0.4 is 10.9 Å². The van der Waals surface area contributed by atoms with E-state index in [2.05, 4.69) is 10.3 Å². The van der Waals surface area contributed by atoms with Gasteiger partial charge in [-0.15, -0.1) is 0 Å². The van der Waals surface area contributed by atoms with Gasteiger partial charge >= 0.3 is 0 Å². The molecule has 1 unspecified atom stereocenters. The van der Waals surface area contributed by atoms with Gasteiger partial charge in [-0.25, -0.2) is 4.98 Å². The Balaban J connectivity index is 2.02. The fourth-order valence-electron chi connectivity index (χ4n) is 2.41. The molecule has 18 heavy (non-hydrogen) atoms. The monoisotopic (exact) mass is 263 g/mol. The summed E-state index contributed by atoms with van der Waals surface area (Å²) in [5.74, 6) is 0.515. The van der Waals surface area contributed by atoms with E-state index in [9.17, 15) is 4.79 Å². The first-order valence-electron chi connectivity index (χ1n) is 6.09.